The predicted octanol–water partition coefficient (Wildman–Crippen LogP) is 3.21. The van der Waals surface area contributed by atoms with E-state index < -0.39 is 0 Å². The topological polar surface area (TPSA) is 60.5 Å². The van der Waals surface area contributed by atoms with Gasteiger partial charge in [0.15, 0.2) is 11.5 Å². The molecule has 0 aliphatic carbocycles. The maximum absolute atomic E-state index is 11.9. The van der Waals surface area contributed by atoms with Gasteiger partial charge >= 0.3 is 0 Å². The zero-order chi connectivity index (χ0) is 17.2. The Morgan fingerprint density at radius 1 is 1.29 bits per heavy atom. The zero-order valence-electron chi connectivity index (χ0n) is 14.0. The maximum atomic E-state index is 11.9. The van der Waals surface area contributed by atoms with Crippen LogP contribution in [0, 0.1) is 0 Å². The number of aromatic nitrogens is 1. The Kier molecular flexibility index (Phi) is 6.83. The van der Waals surface area contributed by atoms with Crippen molar-refractivity contribution >= 4 is 12.0 Å². The lowest BCUT2D eigenvalue weighted by molar-refractivity contribution is -0.116. The van der Waals surface area contributed by atoms with Crippen molar-refractivity contribution in [3.63, 3.8) is 0 Å². The van der Waals surface area contributed by atoms with Crippen LogP contribution in [0.15, 0.2) is 48.8 Å². The van der Waals surface area contributed by atoms with E-state index in [0.29, 0.717) is 24.7 Å². The number of hydrogen-bond donors (Lipinski definition) is 1. The molecule has 0 radical (unpaired) electrons. The van der Waals surface area contributed by atoms with E-state index in [1.165, 1.54) is 6.08 Å². The molecule has 0 bridgehead atoms. The molecule has 2 aromatic rings. The average Bonchev–Trinajstić information content (AvgIpc) is 2.64. The van der Waals surface area contributed by atoms with Crippen LogP contribution in [0.1, 0.15) is 24.5 Å². The number of ether oxygens (including phenoxy) is 2. The molecule has 1 heterocycles. The van der Waals surface area contributed by atoms with Crippen molar-refractivity contribution in [3.05, 3.63) is 59.9 Å². The fourth-order valence-electron chi connectivity index (χ4n) is 2.05. The number of nitrogens with zero attached hydrogens (tertiary/aromatic N) is 1. The highest BCUT2D eigenvalue weighted by Gasteiger charge is 2.06. The quantitative estimate of drug-likeness (QED) is 0.757. The molecule has 1 aromatic carbocycles. The van der Waals surface area contributed by atoms with Gasteiger partial charge in [-0.15, -0.1) is 0 Å². The summed E-state index contributed by atoms with van der Waals surface area (Å²) in [5, 5.41) is 2.84. The minimum atomic E-state index is -0.163. The molecule has 0 atom stereocenters. The molecular weight excluding hydrogens is 304 g/mol. The van der Waals surface area contributed by atoms with Gasteiger partial charge in [0.25, 0.3) is 0 Å². The highest BCUT2D eigenvalue weighted by molar-refractivity contribution is 5.91. The molecule has 126 valence electrons. The third kappa shape index (κ3) is 5.43. The summed E-state index contributed by atoms with van der Waals surface area (Å²) in [6, 6.07) is 9.36. The van der Waals surface area contributed by atoms with Crippen LogP contribution in [-0.4, -0.2) is 24.6 Å². The molecule has 0 saturated heterocycles. The summed E-state index contributed by atoms with van der Waals surface area (Å²) in [5.41, 5.74) is 1.82. The van der Waals surface area contributed by atoms with Crippen LogP contribution in [0.2, 0.25) is 0 Å². The van der Waals surface area contributed by atoms with Gasteiger partial charge < -0.3 is 14.8 Å². The molecule has 5 nitrogen and oxygen atoms in total. The van der Waals surface area contributed by atoms with E-state index in [0.717, 1.165) is 17.5 Å². The molecule has 0 aliphatic heterocycles. The van der Waals surface area contributed by atoms with Gasteiger partial charge in [0.2, 0.25) is 5.91 Å². The Labute approximate surface area is 142 Å². The van der Waals surface area contributed by atoms with Gasteiger partial charge in [-0.1, -0.05) is 19.1 Å². The predicted molar refractivity (Wildman–Crippen MR) is 93.9 cm³/mol. The smallest absolute Gasteiger partial charge is 0.244 e. The van der Waals surface area contributed by atoms with Crippen molar-refractivity contribution in [2.45, 2.75) is 19.9 Å². The Bertz CT molecular complexity index is 684. The number of nitrogens with one attached hydrogen (secondary N) is 1. The number of hydrogen-bond acceptors (Lipinski definition) is 4. The summed E-state index contributed by atoms with van der Waals surface area (Å²) in [4.78, 5) is 15.9. The number of pyridine rings is 1. The first kappa shape index (κ1) is 17.5. The van der Waals surface area contributed by atoms with Gasteiger partial charge in [0.05, 0.1) is 13.7 Å². The summed E-state index contributed by atoms with van der Waals surface area (Å²) < 4.78 is 11.0. The SMILES string of the molecule is CCCOc1ccc(CNC(=O)C=Cc2cccnc2)cc1OC. The first-order valence-corrected chi connectivity index (χ1v) is 7.88. The number of rotatable bonds is 8. The first-order chi connectivity index (χ1) is 11.7. The molecule has 0 aliphatic rings. The maximum Gasteiger partial charge on any atom is 0.244 e. The second kappa shape index (κ2) is 9.35. The minimum absolute atomic E-state index is 0.163. The monoisotopic (exact) mass is 326 g/mol. The molecule has 0 unspecified atom stereocenters. The van der Waals surface area contributed by atoms with E-state index >= 15 is 0 Å². The third-order valence-corrected chi connectivity index (χ3v) is 3.27. The third-order valence-electron chi connectivity index (χ3n) is 3.27. The number of carbonyl (C=O) groups excluding carboxylic acids is 1. The van der Waals surface area contributed by atoms with Crippen LogP contribution in [0.5, 0.6) is 11.5 Å². The highest BCUT2D eigenvalue weighted by Crippen LogP contribution is 2.28. The van der Waals surface area contributed by atoms with Crippen LogP contribution in [0.4, 0.5) is 0 Å². The molecule has 0 saturated carbocycles. The molecule has 1 amide bonds. The van der Waals surface area contributed by atoms with Crippen molar-refractivity contribution < 1.29 is 14.3 Å². The van der Waals surface area contributed by atoms with Crippen molar-refractivity contribution in [1.29, 1.82) is 0 Å². The van der Waals surface area contributed by atoms with E-state index in [-0.39, 0.29) is 5.91 Å². The fourth-order valence-corrected chi connectivity index (χ4v) is 2.05. The lowest BCUT2D eigenvalue weighted by Crippen LogP contribution is -2.20. The molecule has 5 heteroatoms. The second-order valence-corrected chi connectivity index (χ2v) is 5.17. The Balaban J connectivity index is 1.91. The van der Waals surface area contributed by atoms with E-state index in [2.05, 4.69) is 17.2 Å². The molecule has 24 heavy (non-hydrogen) atoms. The van der Waals surface area contributed by atoms with Crippen molar-refractivity contribution in [1.82, 2.24) is 10.3 Å². The minimum Gasteiger partial charge on any atom is -0.493 e. The Morgan fingerprint density at radius 2 is 2.17 bits per heavy atom. The molecular formula is C19H22N2O3. The van der Waals surface area contributed by atoms with E-state index in [1.54, 1.807) is 25.6 Å². The largest absolute Gasteiger partial charge is 0.493 e. The van der Waals surface area contributed by atoms with Gasteiger partial charge in [-0.2, -0.15) is 0 Å². The number of benzene rings is 1. The van der Waals surface area contributed by atoms with Crippen LogP contribution < -0.4 is 14.8 Å². The number of carbonyl (C=O) groups is 1. The van der Waals surface area contributed by atoms with Crippen LogP contribution >= 0.6 is 0 Å². The van der Waals surface area contributed by atoms with Crippen LogP contribution in [0.3, 0.4) is 0 Å². The summed E-state index contributed by atoms with van der Waals surface area (Å²) in [6.45, 7) is 3.11. The van der Waals surface area contributed by atoms with Gasteiger partial charge in [0, 0.05) is 25.0 Å². The molecule has 0 spiro atoms. The number of amides is 1. The second-order valence-electron chi connectivity index (χ2n) is 5.17. The summed E-state index contributed by atoms with van der Waals surface area (Å²) >= 11 is 0. The van der Waals surface area contributed by atoms with Crippen LogP contribution in [0.25, 0.3) is 6.08 Å². The van der Waals surface area contributed by atoms with Crippen molar-refractivity contribution in [3.8, 4) is 11.5 Å². The van der Waals surface area contributed by atoms with E-state index in [9.17, 15) is 4.79 Å². The first-order valence-electron chi connectivity index (χ1n) is 7.88. The summed E-state index contributed by atoms with van der Waals surface area (Å²) in [6.07, 6.45) is 7.55. The Morgan fingerprint density at radius 3 is 2.88 bits per heavy atom. The number of methoxy groups -OCH3 is 1. The average molecular weight is 326 g/mol. The zero-order valence-corrected chi connectivity index (χ0v) is 14.0. The molecule has 0 fully saturated rings. The van der Waals surface area contributed by atoms with E-state index in [1.807, 2.05) is 30.3 Å². The van der Waals surface area contributed by atoms with Gasteiger partial charge in [-0.3, -0.25) is 9.78 Å². The van der Waals surface area contributed by atoms with Gasteiger partial charge in [-0.25, -0.2) is 0 Å². The lowest BCUT2D eigenvalue weighted by Gasteiger charge is -2.11. The fraction of sp³-hybridized carbons (Fsp3) is 0.263. The van der Waals surface area contributed by atoms with Gasteiger partial charge in [-0.05, 0) is 41.8 Å². The normalized spacial score (nSPS) is 10.6. The Hall–Kier alpha value is -2.82. The van der Waals surface area contributed by atoms with Crippen molar-refractivity contribution in [2.75, 3.05) is 13.7 Å². The standard InChI is InChI=1S/C19H22N2O3/c1-3-11-24-17-8-6-16(12-18(17)23-2)14-21-19(22)9-7-15-5-4-10-20-13-15/h4-10,12-13H,3,11,14H2,1-2H3,(H,21,22). The molecule has 2 rings (SSSR count). The van der Waals surface area contributed by atoms with Crippen LogP contribution in [-0.2, 0) is 11.3 Å². The van der Waals surface area contributed by atoms with E-state index in [4.69, 9.17) is 9.47 Å². The summed E-state index contributed by atoms with van der Waals surface area (Å²) in [5.74, 6) is 1.22. The molecule has 1 N–H and O–H groups in total. The highest BCUT2D eigenvalue weighted by atomic mass is 16.5. The van der Waals surface area contributed by atoms with Crippen molar-refractivity contribution in [2.24, 2.45) is 0 Å². The van der Waals surface area contributed by atoms with Gasteiger partial charge in [0.1, 0.15) is 0 Å². The lowest BCUT2D eigenvalue weighted by atomic mass is 10.2. The summed E-state index contributed by atoms with van der Waals surface area (Å²) in [7, 11) is 1.60. The molecule has 1 aromatic heterocycles.